The van der Waals surface area contributed by atoms with Gasteiger partial charge in [0.1, 0.15) is 5.82 Å². The number of nitrogens with zero attached hydrogens (tertiary/aromatic N) is 4. The van der Waals surface area contributed by atoms with Crippen molar-refractivity contribution in [3.63, 3.8) is 0 Å². The summed E-state index contributed by atoms with van der Waals surface area (Å²) >= 11 is 0. The zero-order valence-electron chi connectivity index (χ0n) is 16.0. The predicted molar refractivity (Wildman–Crippen MR) is 100 cm³/mol. The van der Waals surface area contributed by atoms with E-state index in [9.17, 15) is 14.0 Å². The van der Waals surface area contributed by atoms with E-state index in [-0.39, 0.29) is 18.3 Å². The molecule has 148 valence electrons. The van der Waals surface area contributed by atoms with Crippen LogP contribution in [0.4, 0.5) is 4.39 Å². The number of halogens is 1. The molecule has 1 N–H and O–H groups in total. The number of hydrogen-bond acceptors (Lipinski definition) is 5. The fourth-order valence-electron chi connectivity index (χ4n) is 2.97. The van der Waals surface area contributed by atoms with Crippen molar-refractivity contribution in [2.24, 2.45) is 0 Å². The van der Waals surface area contributed by atoms with Gasteiger partial charge in [0.25, 0.3) is 5.91 Å². The summed E-state index contributed by atoms with van der Waals surface area (Å²) in [7, 11) is 0. The van der Waals surface area contributed by atoms with Gasteiger partial charge < -0.3 is 4.90 Å². The molecule has 3 rings (SSSR count). The number of carbonyl (C=O) groups excluding carboxylic acids is 1. The number of benzene rings is 1. The lowest BCUT2D eigenvalue weighted by molar-refractivity contribution is 0.0750. The van der Waals surface area contributed by atoms with E-state index in [2.05, 4.69) is 19.8 Å². The van der Waals surface area contributed by atoms with Crippen molar-refractivity contribution < 1.29 is 13.7 Å². The molecule has 9 heteroatoms. The Balaban J connectivity index is 1.81. The minimum absolute atomic E-state index is 0.120. The van der Waals surface area contributed by atoms with Crippen LogP contribution in [0.3, 0.4) is 0 Å². The Labute approximate surface area is 161 Å². The summed E-state index contributed by atoms with van der Waals surface area (Å²) in [6, 6.07) is 4.45. The fraction of sp³-hybridized carbons (Fsp3) is 0.368. The van der Waals surface area contributed by atoms with Crippen molar-refractivity contribution in [3.05, 3.63) is 57.6 Å². The summed E-state index contributed by atoms with van der Waals surface area (Å²) in [6.07, 6.45) is 2.48. The minimum atomic E-state index is -0.707. The number of rotatable bonds is 7. The maximum absolute atomic E-state index is 14.6. The Morgan fingerprint density at radius 3 is 2.75 bits per heavy atom. The molecule has 8 nitrogen and oxygen atoms in total. The van der Waals surface area contributed by atoms with Gasteiger partial charge in [-0.15, -0.1) is 0 Å². The molecule has 1 aromatic carbocycles. The summed E-state index contributed by atoms with van der Waals surface area (Å²) in [5.41, 5.74) is 2.07. The van der Waals surface area contributed by atoms with E-state index in [0.29, 0.717) is 23.2 Å². The highest BCUT2D eigenvalue weighted by Crippen LogP contribution is 2.20. The molecule has 0 aliphatic heterocycles. The molecule has 3 aromatic rings. The van der Waals surface area contributed by atoms with Crippen LogP contribution in [0.15, 0.2) is 33.7 Å². The normalized spacial score (nSPS) is 11.0. The van der Waals surface area contributed by atoms with Crippen molar-refractivity contribution in [1.29, 1.82) is 0 Å². The third-order valence-corrected chi connectivity index (χ3v) is 4.57. The van der Waals surface area contributed by atoms with Crippen molar-refractivity contribution >= 4 is 5.91 Å². The molecule has 0 saturated heterocycles. The Morgan fingerprint density at radius 2 is 2.14 bits per heavy atom. The number of carbonyl (C=O) groups is 1. The first-order valence-electron chi connectivity index (χ1n) is 9.11. The Kier molecular flexibility index (Phi) is 5.72. The second-order valence-electron chi connectivity index (χ2n) is 6.44. The molecule has 2 aromatic heterocycles. The van der Waals surface area contributed by atoms with E-state index in [1.54, 1.807) is 27.9 Å². The molecule has 28 heavy (non-hydrogen) atoms. The van der Waals surface area contributed by atoms with Crippen molar-refractivity contribution in [1.82, 2.24) is 24.8 Å². The van der Waals surface area contributed by atoms with Crippen LogP contribution in [-0.2, 0) is 13.1 Å². The monoisotopic (exact) mass is 387 g/mol. The number of nitrogens with one attached hydrogen (secondary N) is 1. The Bertz CT molecular complexity index is 1040. The number of amides is 1. The van der Waals surface area contributed by atoms with Crippen LogP contribution in [0.1, 0.15) is 41.9 Å². The average molecular weight is 387 g/mol. The number of hydrogen-bond donors (Lipinski definition) is 1. The van der Waals surface area contributed by atoms with Crippen molar-refractivity contribution in [2.45, 2.75) is 40.3 Å². The molecule has 0 aliphatic rings. The molecule has 0 fully saturated rings. The van der Waals surface area contributed by atoms with E-state index >= 15 is 0 Å². The van der Waals surface area contributed by atoms with Gasteiger partial charge in [-0.1, -0.05) is 24.2 Å². The first-order valence-corrected chi connectivity index (χ1v) is 9.11. The lowest BCUT2D eigenvalue weighted by atomic mass is 10.1. The van der Waals surface area contributed by atoms with Crippen LogP contribution >= 0.6 is 0 Å². The van der Waals surface area contributed by atoms with Crippen molar-refractivity contribution in [3.8, 4) is 11.4 Å². The van der Waals surface area contributed by atoms with E-state index in [1.807, 2.05) is 20.8 Å². The van der Waals surface area contributed by atoms with Gasteiger partial charge in [-0.25, -0.2) is 9.18 Å². The van der Waals surface area contributed by atoms with Crippen LogP contribution in [0.25, 0.3) is 11.4 Å². The number of aromatic nitrogens is 4. The zero-order valence-corrected chi connectivity index (χ0v) is 16.0. The van der Waals surface area contributed by atoms with Crippen LogP contribution in [-0.4, -0.2) is 37.3 Å². The molecule has 0 radical (unpaired) electrons. The molecule has 0 atom stereocenters. The SMILES string of the molecule is CCCn1ncc(C(=O)N(CC)Cc2ccc(-c3noc(=O)[nH]3)cc2F)c1C. The van der Waals surface area contributed by atoms with E-state index < -0.39 is 11.6 Å². The predicted octanol–water partition coefficient (Wildman–Crippen LogP) is 2.75. The zero-order chi connectivity index (χ0) is 20.3. The third kappa shape index (κ3) is 3.88. The maximum atomic E-state index is 14.6. The maximum Gasteiger partial charge on any atom is 0.439 e. The van der Waals surface area contributed by atoms with E-state index in [4.69, 9.17) is 0 Å². The van der Waals surface area contributed by atoms with Gasteiger partial charge in [0.05, 0.1) is 11.8 Å². The van der Waals surface area contributed by atoms with Crippen LogP contribution < -0.4 is 5.76 Å². The lowest BCUT2D eigenvalue weighted by Gasteiger charge is -2.21. The lowest BCUT2D eigenvalue weighted by Crippen LogP contribution is -2.31. The summed E-state index contributed by atoms with van der Waals surface area (Å²) in [5, 5.41) is 7.81. The van der Waals surface area contributed by atoms with Crippen LogP contribution in [0.5, 0.6) is 0 Å². The van der Waals surface area contributed by atoms with Gasteiger partial charge in [-0.05, 0) is 26.3 Å². The molecule has 0 saturated carbocycles. The van der Waals surface area contributed by atoms with Gasteiger partial charge in [0, 0.05) is 36.5 Å². The Hall–Kier alpha value is -3.23. The third-order valence-electron chi connectivity index (χ3n) is 4.57. The van der Waals surface area contributed by atoms with Gasteiger partial charge in [-0.3, -0.25) is 19.0 Å². The van der Waals surface area contributed by atoms with Gasteiger partial charge in [0.2, 0.25) is 0 Å². The fourth-order valence-corrected chi connectivity index (χ4v) is 2.97. The highest BCUT2D eigenvalue weighted by molar-refractivity contribution is 5.95. The van der Waals surface area contributed by atoms with E-state index in [1.165, 1.54) is 6.07 Å². The molecular weight excluding hydrogens is 365 g/mol. The number of aromatic amines is 1. The summed E-state index contributed by atoms with van der Waals surface area (Å²) in [5.74, 6) is -1.24. The topological polar surface area (TPSA) is 97.0 Å². The molecule has 0 spiro atoms. The highest BCUT2D eigenvalue weighted by atomic mass is 19.1. The molecule has 2 heterocycles. The quantitative estimate of drug-likeness (QED) is 0.672. The second-order valence-corrected chi connectivity index (χ2v) is 6.44. The van der Waals surface area contributed by atoms with Crippen LogP contribution in [0.2, 0.25) is 0 Å². The number of aryl methyl sites for hydroxylation is 1. The second kappa shape index (κ2) is 8.20. The largest absolute Gasteiger partial charge is 0.439 e. The molecule has 0 unspecified atom stereocenters. The number of H-pyrrole nitrogens is 1. The van der Waals surface area contributed by atoms with Crippen LogP contribution in [0, 0.1) is 12.7 Å². The molecule has 1 amide bonds. The van der Waals surface area contributed by atoms with Gasteiger partial charge in [0.15, 0.2) is 5.82 Å². The smallest absolute Gasteiger partial charge is 0.334 e. The summed E-state index contributed by atoms with van der Waals surface area (Å²) in [6.45, 7) is 7.03. The summed E-state index contributed by atoms with van der Waals surface area (Å²) in [4.78, 5) is 27.9. The standard InChI is InChI=1S/C19H22FN5O3/c1-4-8-25-12(3)15(10-21-25)18(26)24(5-2)11-14-7-6-13(9-16(14)20)17-22-19(27)28-23-17/h6-7,9-10H,4-5,8,11H2,1-3H3,(H,22,23,27). The average Bonchev–Trinajstić information content (AvgIpc) is 3.27. The van der Waals surface area contributed by atoms with Gasteiger partial charge in [-0.2, -0.15) is 5.10 Å². The van der Waals surface area contributed by atoms with E-state index in [0.717, 1.165) is 18.7 Å². The van der Waals surface area contributed by atoms with Crippen molar-refractivity contribution in [2.75, 3.05) is 6.54 Å². The van der Waals surface area contributed by atoms with Gasteiger partial charge >= 0.3 is 5.76 Å². The first kappa shape index (κ1) is 19.5. The first-order chi connectivity index (χ1) is 13.4. The molecule has 0 aliphatic carbocycles. The minimum Gasteiger partial charge on any atom is -0.334 e. The Morgan fingerprint density at radius 1 is 1.36 bits per heavy atom. The summed E-state index contributed by atoms with van der Waals surface area (Å²) < 4.78 is 20.8. The highest BCUT2D eigenvalue weighted by Gasteiger charge is 2.21. The molecule has 0 bridgehead atoms. The molecular formula is C19H22FN5O3.